The number of para-hydroxylation sites is 1. The molecule has 0 saturated carbocycles. The van der Waals surface area contributed by atoms with Gasteiger partial charge in [-0.25, -0.2) is 0 Å². The van der Waals surface area contributed by atoms with Crippen LogP contribution in [0.1, 0.15) is 17.3 Å². The monoisotopic (exact) mass is 336 g/mol. The van der Waals surface area contributed by atoms with Gasteiger partial charge in [-0.2, -0.15) is 0 Å². The van der Waals surface area contributed by atoms with E-state index < -0.39 is 0 Å². The van der Waals surface area contributed by atoms with Gasteiger partial charge in [-0.05, 0) is 37.3 Å². The van der Waals surface area contributed by atoms with Crippen LogP contribution < -0.4 is 10.6 Å². The van der Waals surface area contributed by atoms with Crippen LogP contribution in [-0.2, 0) is 4.79 Å². The van der Waals surface area contributed by atoms with Gasteiger partial charge in [0.25, 0.3) is 0 Å². The van der Waals surface area contributed by atoms with E-state index in [0.29, 0.717) is 27.0 Å². The summed E-state index contributed by atoms with van der Waals surface area (Å²) in [6, 6.07) is 11.8. The summed E-state index contributed by atoms with van der Waals surface area (Å²) in [6.07, 6.45) is 0. The van der Waals surface area contributed by atoms with Crippen molar-refractivity contribution in [2.75, 3.05) is 17.2 Å². The maximum absolute atomic E-state index is 12.0. The molecule has 6 heteroatoms. The number of Topliss-reactive ketones (excluding diaryl/α,β-unsaturated/α-hetero) is 1. The maximum atomic E-state index is 12.0. The highest BCUT2D eigenvalue weighted by Gasteiger charge is 2.09. The number of nitrogens with one attached hydrogen (secondary N) is 2. The van der Waals surface area contributed by atoms with Crippen LogP contribution in [0.15, 0.2) is 42.5 Å². The molecule has 2 aromatic rings. The molecule has 0 atom stereocenters. The Morgan fingerprint density at radius 3 is 2.45 bits per heavy atom. The van der Waals surface area contributed by atoms with Gasteiger partial charge in [-0.1, -0.05) is 35.3 Å². The first-order chi connectivity index (χ1) is 10.5. The lowest BCUT2D eigenvalue weighted by Gasteiger charge is -2.11. The molecule has 2 aromatic carbocycles. The van der Waals surface area contributed by atoms with Crippen LogP contribution in [0.4, 0.5) is 11.4 Å². The molecule has 2 N–H and O–H groups in total. The molecule has 4 nitrogen and oxygen atoms in total. The Labute approximate surface area is 138 Å². The van der Waals surface area contributed by atoms with Crippen molar-refractivity contribution in [1.29, 1.82) is 0 Å². The predicted molar refractivity (Wildman–Crippen MR) is 90.0 cm³/mol. The number of carbonyl (C=O) groups is 2. The summed E-state index contributed by atoms with van der Waals surface area (Å²) in [5.74, 6) is -0.341. The van der Waals surface area contributed by atoms with E-state index in [0.717, 1.165) is 0 Å². The first-order valence-corrected chi connectivity index (χ1v) is 7.31. The van der Waals surface area contributed by atoms with E-state index in [1.165, 1.54) is 6.92 Å². The Kier molecular flexibility index (Phi) is 5.41. The predicted octanol–water partition coefficient (Wildman–Crippen LogP) is 4.25. The molecule has 0 heterocycles. The molecule has 0 aliphatic carbocycles. The van der Waals surface area contributed by atoms with Gasteiger partial charge in [0.05, 0.1) is 17.3 Å². The molecular weight excluding hydrogens is 323 g/mol. The van der Waals surface area contributed by atoms with Crippen LogP contribution in [-0.4, -0.2) is 18.2 Å². The standard InChI is InChI=1S/C16H14Cl2N2O2/c1-10(21)12-4-2-3-5-14(12)19-9-16(22)20-15-7-6-11(17)8-13(15)18/h2-8,19H,9H2,1H3,(H,20,22). The molecule has 0 saturated heterocycles. The molecule has 0 unspecified atom stereocenters. The fraction of sp³-hybridized carbons (Fsp3) is 0.125. The molecule has 2 rings (SSSR count). The second-order valence-corrected chi connectivity index (χ2v) is 5.47. The van der Waals surface area contributed by atoms with Gasteiger partial charge < -0.3 is 10.6 Å². The molecule has 114 valence electrons. The Morgan fingerprint density at radius 2 is 1.77 bits per heavy atom. The van der Waals surface area contributed by atoms with Crippen molar-refractivity contribution in [3.8, 4) is 0 Å². The lowest BCUT2D eigenvalue weighted by molar-refractivity contribution is -0.114. The van der Waals surface area contributed by atoms with Crippen LogP contribution in [0.25, 0.3) is 0 Å². The van der Waals surface area contributed by atoms with Crippen LogP contribution in [0, 0.1) is 0 Å². The Bertz CT molecular complexity index is 717. The van der Waals surface area contributed by atoms with Crippen LogP contribution >= 0.6 is 23.2 Å². The Morgan fingerprint density at radius 1 is 1.05 bits per heavy atom. The van der Waals surface area contributed by atoms with Gasteiger partial charge in [0.1, 0.15) is 0 Å². The lowest BCUT2D eigenvalue weighted by atomic mass is 10.1. The highest BCUT2D eigenvalue weighted by atomic mass is 35.5. The highest BCUT2D eigenvalue weighted by Crippen LogP contribution is 2.25. The van der Waals surface area contributed by atoms with Crippen molar-refractivity contribution < 1.29 is 9.59 Å². The number of benzene rings is 2. The first-order valence-electron chi connectivity index (χ1n) is 6.56. The fourth-order valence-electron chi connectivity index (χ4n) is 1.91. The fourth-order valence-corrected chi connectivity index (χ4v) is 2.36. The number of amides is 1. The van der Waals surface area contributed by atoms with Crippen molar-refractivity contribution in [1.82, 2.24) is 0 Å². The van der Waals surface area contributed by atoms with Gasteiger partial charge in [-0.15, -0.1) is 0 Å². The van der Waals surface area contributed by atoms with Crippen LogP contribution in [0.3, 0.4) is 0 Å². The average Bonchev–Trinajstić information content (AvgIpc) is 2.48. The van der Waals surface area contributed by atoms with E-state index in [1.807, 2.05) is 0 Å². The van der Waals surface area contributed by atoms with Gasteiger partial charge in [0.15, 0.2) is 5.78 Å². The summed E-state index contributed by atoms with van der Waals surface area (Å²) in [5, 5.41) is 6.49. The first kappa shape index (κ1) is 16.3. The average molecular weight is 337 g/mol. The van der Waals surface area contributed by atoms with Crippen LogP contribution in [0.5, 0.6) is 0 Å². The van der Waals surface area contributed by atoms with Crippen molar-refractivity contribution >= 4 is 46.3 Å². The molecule has 0 aliphatic rings. The van der Waals surface area contributed by atoms with E-state index in [2.05, 4.69) is 10.6 Å². The highest BCUT2D eigenvalue weighted by molar-refractivity contribution is 6.36. The third-order valence-corrected chi connectivity index (χ3v) is 3.50. The largest absolute Gasteiger partial charge is 0.376 e. The molecule has 0 fully saturated rings. The minimum Gasteiger partial charge on any atom is -0.376 e. The zero-order valence-electron chi connectivity index (χ0n) is 11.8. The zero-order chi connectivity index (χ0) is 16.1. The van der Waals surface area contributed by atoms with E-state index in [-0.39, 0.29) is 18.2 Å². The molecule has 0 spiro atoms. The number of hydrogen-bond donors (Lipinski definition) is 2. The van der Waals surface area contributed by atoms with Crippen molar-refractivity contribution in [2.45, 2.75) is 6.92 Å². The van der Waals surface area contributed by atoms with Gasteiger partial charge in [-0.3, -0.25) is 9.59 Å². The van der Waals surface area contributed by atoms with E-state index >= 15 is 0 Å². The molecule has 1 amide bonds. The number of carbonyl (C=O) groups excluding carboxylic acids is 2. The van der Waals surface area contributed by atoms with Gasteiger partial charge in [0, 0.05) is 16.3 Å². The summed E-state index contributed by atoms with van der Waals surface area (Å²) in [4.78, 5) is 23.5. The summed E-state index contributed by atoms with van der Waals surface area (Å²) < 4.78 is 0. The quantitative estimate of drug-likeness (QED) is 0.802. The van der Waals surface area contributed by atoms with Crippen LogP contribution in [0.2, 0.25) is 10.0 Å². The molecule has 0 aliphatic heterocycles. The lowest BCUT2D eigenvalue weighted by Crippen LogP contribution is -2.22. The second kappa shape index (κ2) is 7.29. The summed E-state index contributed by atoms with van der Waals surface area (Å²) in [7, 11) is 0. The SMILES string of the molecule is CC(=O)c1ccccc1NCC(=O)Nc1ccc(Cl)cc1Cl. The van der Waals surface area contributed by atoms with E-state index in [1.54, 1.807) is 42.5 Å². The third kappa shape index (κ3) is 4.23. The number of anilines is 2. The maximum Gasteiger partial charge on any atom is 0.243 e. The summed E-state index contributed by atoms with van der Waals surface area (Å²) >= 11 is 11.8. The topological polar surface area (TPSA) is 58.2 Å². The normalized spacial score (nSPS) is 10.1. The minimum atomic E-state index is -0.275. The Hall–Kier alpha value is -2.04. The second-order valence-electron chi connectivity index (χ2n) is 4.63. The molecular formula is C16H14Cl2N2O2. The van der Waals surface area contributed by atoms with Crippen molar-refractivity contribution in [2.24, 2.45) is 0 Å². The molecule has 0 aromatic heterocycles. The van der Waals surface area contributed by atoms with Crippen molar-refractivity contribution in [3.05, 3.63) is 58.1 Å². The van der Waals surface area contributed by atoms with Gasteiger partial charge in [0.2, 0.25) is 5.91 Å². The number of halogens is 2. The third-order valence-electron chi connectivity index (χ3n) is 2.95. The number of hydrogen-bond acceptors (Lipinski definition) is 3. The summed E-state index contributed by atoms with van der Waals surface area (Å²) in [6.45, 7) is 1.50. The number of rotatable bonds is 5. The molecule has 22 heavy (non-hydrogen) atoms. The van der Waals surface area contributed by atoms with E-state index in [9.17, 15) is 9.59 Å². The zero-order valence-corrected chi connectivity index (χ0v) is 13.3. The summed E-state index contributed by atoms with van der Waals surface area (Å²) in [5.41, 5.74) is 1.64. The Balaban J connectivity index is 2.00. The van der Waals surface area contributed by atoms with E-state index in [4.69, 9.17) is 23.2 Å². The molecule has 0 radical (unpaired) electrons. The number of ketones is 1. The minimum absolute atomic E-state index is 0.0171. The van der Waals surface area contributed by atoms with Gasteiger partial charge >= 0.3 is 0 Å². The smallest absolute Gasteiger partial charge is 0.243 e. The van der Waals surface area contributed by atoms with Crippen molar-refractivity contribution in [3.63, 3.8) is 0 Å². The molecule has 0 bridgehead atoms.